The fourth-order valence-electron chi connectivity index (χ4n) is 8.56. The second kappa shape index (κ2) is 15.0. The lowest BCUT2D eigenvalue weighted by atomic mass is 9.92. The summed E-state index contributed by atoms with van der Waals surface area (Å²) in [6.45, 7) is 0. The zero-order valence-corrected chi connectivity index (χ0v) is 32.7. The van der Waals surface area contributed by atoms with Gasteiger partial charge in [0, 0.05) is 27.6 Å². The summed E-state index contributed by atoms with van der Waals surface area (Å²) in [4.78, 5) is 5.05. The number of rotatable bonds is 8. The Balaban J connectivity index is 1.08. The highest BCUT2D eigenvalue weighted by Crippen LogP contribution is 2.41. The molecule has 2 heterocycles. The van der Waals surface area contributed by atoms with Crippen molar-refractivity contribution in [1.82, 2.24) is 19.3 Å². The van der Waals surface area contributed by atoms with E-state index in [4.69, 9.17) is 10.1 Å². The van der Waals surface area contributed by atoms with Crippen LogP contribution < -0.4 is 0 Å². The average molecular weight is 767 g/mol. The number of hydrogen-bond acceptors (Lipinski definition) is 2. The van der Waals surface area contributed by atoms with Crippen LogP contribution >= 0.6 is 0 Å². The summed E-state index contributed by atoms with van der Waals surface area (Å²) in [5.74, 6) is 1.49. The van der Waals surface area contributed by atoms with Gasteiger partial charge in [0.15, 0.2) is 11.6 Å². The van der Waals surface area contributed by atoms with E-state index in [0.717, 1.165) is 39.4 Å². The first-order chi connectivity index (χ1) is 29.8. The van der Waals surface area contributed by atoms with Crippen LogP contribution in [0.2, 0.25) is 0 Å². The summed E-state index contributed by atoms with van der Waals surface area (Å²) in [7, 11) is 0. The first-order valence-electron chi connectivity index (χ1n) is 20.3. The molecule has 0 saturated heterocycles. The highest BCUT2D eigenvalue weighted by molar-refractivity contribution is 6.12. The SMILES string of the molecule is c1ccc(-c2nc(-c3ccccc3)n(-c3ccc(-n4c5ccc(-c6ccccc6-c6ccccc6)cc5c5cc(-c6ccccc6-c6ccccc6)ccc54)cc3)n2)cc1. The molecule has 0 aliphatic carbocycles. The number of benzene rings is 9. The van der Waals surface area contributed by atoms with Gasteiger partial charge in [0.1, 0.15) is 0 Å². The van der Waals surface area contributed by atoms with Gasteiger partial charge in [-0.2, -0.15) is 0 Å². The number of fused-ring (bicyclic) bond motifs is 3. The van der Waals surface area contributed by atoms with Gasteiger partial charge in [-0.1, -0.05) is 182 Å². The van der Waals surface area contributed by atoms with E-state index in [1.54, 1.807) is 0 Å². The highest BCUT2D eigenvalue weighted by atomic mass is 15.4. The van der Waals surface area contributed by atoms with Crippen LogP contribution in [0.25, 0.3) is 100 Å². The van der Waals surface area contributed by atoms with Crippen molar-refractivity contribution in [2.45, 2.75) is 0 Å². The van der Waals surface area contributed by atoms with Crippen molar-refractivity contribution in [3.05, 3.63) is 231 Å². The molecule has 282 valence electrons. The highest BCUT2D eigenvalue weighted by Gasteiger charge is 2.19. The van der Waals surface area contributed by atoms with Gasteiger partial charge < -0.3 is 4.57 Å². The zero-order valence-electron chi connectivity index (χ0n) is 32.7. The van der Waals surface area contributed by atoms with Crippen LogP contribution in [0.3, 0.4) is 0 Å². The fraction of sp³-hybridized carbons (Fsp3) is 0. The summed E-state index contributed by atoms with van der Waals surface area (Å²) >= 11 is 0. The standard InChI is InChI=1S/C56H38N4/c1-5-17-39(18-6-1)47-25-13-15-27-49(47)43-29-35-53-51(37-43)52-38-44(50-28-16-14-26-48(50)40-19-7-2-8-20-40)30-36-54(52)59(53)45-31-33-46(34-32-45)60-56(42-23-11-4-12-24-42)57-55(58-60)41-21-9-3-10-22-41/h1-38H. The van der Waals surface area contributed by atoms with Gasteiger partial charge in [0.05, 0.1) is 16.7 Å². The van der Waals surface area contributed by atoms with Crippen LogP contribution in [0.4, 0.5) is 0 Å². The fourth-order valence-corrected chi connectivity index (χ4v) is 8.56. The summed E-state index contributed by atoms with van der Waals surface area (Å²) in [6, 6.07) is 81.8. The third-order valence-corrected chi connectivity index (χ3v) is 11.4. The van der Waals surface area contributed by atoms with Gasteiger partial charge in [-0.05, 0) is 93.0 Å². The summed E-state index contributed by atoms with van der Waals surface area (Å²) < 4.78 is 4.35. The molecule has 60 heavy (non-hydrogen) atoms. The third-order valence-electron chi connectivity index (χ3n) is 11.4. The first-order valence-corrected chi connectivity index (χ1v) is 20.3. The quantitative estimate of drug-likeness (QED) is 0.154. The molecule has 0 aliphatic heterocycles. The molecule has 11 rings (SSSR count). The Bertz CT molecular complexity index is 3130. The Hall–Kier alpha value is -8.08. The van der Waals surface area contributed by atoms with Gasteiger partial charge >= 0.3 is 0 Å². The second-order valence-electron chi connectivity index (χ2n) is 15.0. The average Bonchev–Trinajstić information content (AvgIpc) is 3.93. The lowest BCUT2D eigenvalue weighted by Gasteiger charge is -2.12. The minimum Gasteiger partial charge on any atom is -0.309 e. The Kier molecular flexibility index (Phi) is 8.79. The maximum Gasteiger partial charge on any atom is 0.182 e. The molecule has 0 radical (unpaired) electrons. The van der Waals surface area contributed by atoms with E-state index < -0.39 is 0 Å². The van der Waals surface area contributed by atoms with Crippen molar-refractivity contribution in [3.8, 4) is 78.7 Å². The van der Waals surface area contributed by atoms with E-state index in [9.17, 15) is 0 Å². The van der Waals surface area contributed by atoms with E-state index in [2.05, 4.69) is 199 Å². The van der Waals surface area contributed by atoms with Gasteiger partial charge in [-0.15, -0.1) is 5.10 Å². The van der Waals surface area contributed by atoms with Gasteiger partial charge in [-0.3, -0.25) is 0 Å². The summed E-state index contributed by atoms with van der Waals surface area (Å²) in [5.41, 5.74) is 15.9. The monoisotopic (exact) mass is 766 g/mol. The van der Waals surface area contributed by atoms with Crippen molar-refractivity contribution < 1.29 is 0 Å². The van der Waals surface area contributed by atoms with E-state index in [1.807, 2.05) is 41.1 Å². The molecule has 0 aliphatic rings. The Morgan fingerprint density at radius 1 is 0.300 bits per heavy atom. The van der Waals surface area contributed by atoms with Crippen LogP contribution in [-0.2, 0) is 0 Å². The first kappa shape index (κ1) is 35.1. The predicted octanol–water partition coefficient (Wildman–Crippen LogP) is 14.4. The zero-order chi connectivity index (χ0) is 39.8. The van der Waals surface area contributed by atoms with Crippen molar-refractivity contribution in [1.29, 1.82) is 0 Å². The minimum absolute atomic E-state index is 0.690. The number of hydrogen-bond donors (Lipinski definition) is 0. The smallest absolute Gasteiger partial charge is 0.182 e. The Labute approximate surface area is 348 Å². The molecule has 0 fully saturated rings. The van der Waals surface area contributed by atoms with E-state index in [-0.39, 0.29) is 0 Å². The molecule has 0 spiro atoms. The molecular formula is C56H38N4. The lowest BCUT2D eigenvalue weighted by Crippen LogP contribution is -2.01. The topological polar surface area (TPSA) is 35.6 Å². The largest absolute Gasteiger partial charge is 0.309 e. The molecule has 4 nitrogen and oxygen atoms in total. The number of nitrogens with zero attached hydrogens (tertiary/aromatic N) is 4. The predicted molar refractivity (Wildman–Crippen MR) is 248 cm³/mol. The van der Waals surface area contributed by atoms with Crippen LogP contribution in [0.1, 0.15) is 0 Å². The van der Waals surface area contributed by atoms with Crippen molar-refractivity contribution in [2.24, 2.45) is 0 Å². The molecule has 9 aromatic carbocycles. The van der Waals surface area contributed by atoms with Gasteiger partial charge in [0.2, 0.25) is 0 Å². The van der Waals surface area contributed by atoms with Crippen molar-refractivity contribution in [3.63, 3.8) is 0 Å². The molecule has 0 N–H and O–H groups in total. The van der Waals surface area contributed by atoms with E-state index >= 15 is 0 Å². The Morgan fingerprint density at radius 3 is 1.15 bits per heavy atom. The van der Waals surface area contributed by atoms with Crippen molar-refractivity contribution >= 4 is 21.8 Å². The second-order valence-corrected chi connectivity index (χ2v) is 15.0. The van der Waals surface area contributed by atoms with Crippen LogP contribution in [0, 0.1) is 0 Å². The third kappa shape index (κ3) is 6.28. The Morgan fingerprint density at radius 2 is 0.683 bits per heavy atom. The molecule has 0 saturated carbocycles. The van der Waals surface area contributed by atoms with Crippen molar-refractivity contribution in [2.75, 3.05) is 0 Å². The van der Waals surface area contributed by atoms with Gasteiger partial charge in [0.25, 0.3) is 0 Å². The molecule has 0 amide bonds. The summed E-state index contributed by atoms with van der Waals surface area (Å²) in [5, 5.41) is 7.45. The lowest BCUT2D eigenvalue weighted by molar-refractivity contribution is 0.889. The molecule has 0 bridgehead atoms. The normalized spacial score (nSPS) is 11.3. The molecule has 2 aromatic heterocycles. The maximum atomic E-state index is 5.05. The van der Waals surface area contributed by atoms with Crippen LogP contribution in [-0.4, -0.2) is 19.3 Å². The van der Waals surface area contributed by atoms with Crippen LogP contribution in [0.15, 0.2) is 231 Å². The molecule has 0 atom stereocenters. The maximum absolute atomic E-state index is 5.05. The number of aromatic nitrogens is 4. The van der Waals surface area contributed by atoms with E-state index in [0.29, 0.717) is 5.82 Å². The van der Waals surface area contributed by atoms with Gasteiger partial charge in [-0.25, -0.2) is 9.67 Å². The molecule has 11 aromatic rings. The summed E-state index contributed by atoms with van der Waals surface area (Å²) in [6.07, 6.45) is 0. The van der Waals surface area contributed by atoms with E-state index in [1.165, 1.54) is 55.3 Å². The van der Waals surface area contributed by atoms with Crippen LogP contribution in [0.5, 0.6) is 0 Å². The molecular weight excluding hydrogens is 729 g/mol. The molecule has 4 heteroatoms. The molecule has 0 unspecified atom stereocenters. The minimum atomic E-state index is 0.690.